The number of nitrogens with one attached hydrogen (secondary N) is 2. The van der Waals surface area contributed by atoms with Crippen LogP contribution in [0.2, 0.25) is 0 Å². The van der Waals surface area contributed by atoms with Crippen LogP contribution in [0.15, 0.2) is 42.5 Å². The number of likely N-dealkylation sites (tertiary alicyclic amines) is 1. The molecule has 9 heteroatoms. The Hall–Kier alpha value is -3.88. The summed E-state index contributed by atoms with van der Waals surface area (Å²) >= 11 is 0. The molecule has 0 aliphatic carbocycles. The molecule has 1 aliphatic rings. The molecule has 1 heterocycles. The lowest BCUT2D eigenvalue weighted by Gasteiger charge is -2.14. The van der Waals surface area contributed by atoms with Gasteiger partial charge in [-0.05, 0) is 48.2 Å². The van der Waals surface area contributed by atoms with Gasteiger partial charge in [-0.2, -0.15) is 0 Å². The summed E-state index contributed by atoms with van der Waals surface area (Å²) < 4.78 is 11.0. The lowest BCUT2D eigenvalue weighted by atomic mass is 10.1. The van der Waals surface area contributed by atoms with Gasteiger partial charge in [-0.25, -0.2) is 0 Å². The quantitative estimate of drug-likeness (QED) is 0.433. The fourth-order valence-electron chi connectivity index (χ4n) is 3.33. The average Bonchev–Trinajstić information content (AvgIpc) is 3.14. The summed E-state index contributed by atoms with van der Waals surface area (Å²) in [5.74, 6) is 0.0725. The number of carbonyl (C=O) groups is 4. The Morgan fingerprint density at radius 2 is 1.50 bits per heavy atom. The molecule has 4 amide bonds. The number of imide groups is 1. The Bertz CT molecular complexity index is 1050. The van der Waals surface area contributed by atoms with Crippen molar-refractivity contribution >= 4 is 23.6 Å². The number of hydrogen-bond donors (Lipinski definition) is 2. The fraction of sp³-hybridized carbons (Fsp3) is 0.360. The first-order valence-electron chi connectivity index (χ1n) is 11.1. The summed E-state index contributed by atoms with van der Waals surface area (Å²) in [6.07, 6.45) is 1.37. The van der Waals surface area contributed by atoms with Crippen LogP contribution in [0, 0.1) is 5.92 Å². The van der Waals surface area contributed by atoms with Crippen molar-refractivity contribution in [3.8, 4) is 11.5 Å². The summed E-state index contributed by atoms with van der Waals surface area (Å²) in [5, 5.41) is 0. The van der Waals surface area contributed by atoms with E-state index >= 15 is 0 Å². The number of rotatable bonds is 9. The van der Waals surface area contributed by atoms with Crippen LogP contribution in [0.3, 0.4) is 0 Å². The zero-order valence-electron chi connectivity index (χ0n) is 19.6. The van der Waals surface area contributed by atoms with E-state index in [2.05, 4.69) is 24.7 Å². The second kappa shape index (κ2) is 11.3. The van der Waals surface area contributed by atoms with E-state index in [1.54, 1.807) is 42.5 Å². The molecule has 9 nitrogen and oxygen atoms in total. The summed E-state index contributed by atoms with van der Waals surface area (Å²) in [6, 6.07) is 11.2. The second-order valence-electron chi connectivity index (χ2n) is 8.38. The molecule has 1 aliphatic heterocycles. The largest absolute Gasteiger partial charge is 0.493 e. The van der Waals surface area contributed by atoms with Gasteiger partial charge in [0.05, 0.1) is 20.3 Å². The minimum absolute atomic E-state index is 0.176. The maximum absolute atomic E-state index is 12.5. The number of amides is 4. The van der Waals surface area contributed by atoms with Gasteiger partial charge in [0, 0.05) is 24.0 Å². The molecule has 0 radical (unpaired) electrons. The van der Waals surface area contributed by atoms with Gasteiger partial charge in [0.2, 0.25) is 11.8 Å². The van der Waals surface area contributed by atoms with Gasteiger partial charge >= 0.3 is 0 Å². The Morgan fingerprint density at radius 1 is 0.912 bits per heavy atom. The molecule has 1 fully saturated rings. The number of hydrazine groups is 1. The van der Waals surface area contributed by atoms with Crippen molar-refractivity contribution in [3.05, 3.63) is 59.2 Å². The highest BCUT2D eigenvalue weighted by Crippen LogP contribution is 2.28. The van der Waals surface area contributed by atoms with Crippen LogP contribution in [0.1, 0.15) is 59.4 Å². The summed E-state index contributed by atoms with van der Waals surface area (Å²) in [4.78, 5) is 49.6. The minimum atomic E-state index is -0.511. The highest BCUT2D eigenvalue weighted by Gasteiger charge is 2.28. The zero-order valence-corrected chi connectivity index (χ0v) is 19.6. The summed E-state index contributed by atoms with van der Waals surface area (Å²) in [5.41, 5.74) is 6.09. The van der Waals surface area contributed by atoms with E-state index in [9.17, 15) is 19.2 Å². The maximum Gasteiger partial charge on any atom is 0.269 e. The Labute approximate surface area is 198 Å². The Balaban J connectivity index is 1.54. The molecule has 0 bridgehead atoms. The van der Waals surface area contributed by atoms with Crippen molar-refractivity contribution in [3.63, 3.8) is 0 Å². The summed E-state index contributed by atoms with van der Waals surface area (Å²) in [6.45, 7) is 4.93. The highest BCUT2D eigenvalue weighted by molar-refractivity contribution is 6.02. The minimum Gasteiger partial charge on any atom is -0.493 e. The maximum atomic E-state index is 12.5. The number of methoxy groups -OCH3 is 1. The SMILES string of the molecule is COc1cc(C(=O)NNC(=O)c2ccc(CN3C(=O)CCC3=O)cc2)ccc1OCCC(C)C. The number of ether oxygens (including phenoxy) is 2. The van der Waals surface area contributed by atoms with Crippen molar-refractivity contribution in [1.82, 2.24) is 15.8 Å². The van der Waals surface area contributed by atoms with Crippen LogP contribution < -0.4 is 20.3 Å². The van der Waals surface area contributed by atoms with Gasteiger partial charge < -0.3 is 9.47 Å². The number of hydrogen-bond acceptors (Lipinski definition) is 6. The van der Waals surface area contributed by atoms with Crippen molar-refractivity contribution < 1.29 is 28.7 Å². The molecule has 34 heavy (non-hydrogen) atoms. The lowest BCUT2D eigenvalue weighted by Crippen LogP contribution is -2.41. The molecule has 3 rings (SSSR count). The molecule has 1 saturated heterocycles. The highest BCUT2D eigenvalue weighted by atomic mass is 16.5. The van der Waals surface area contributed by atoms with Crippen molar-refractivity contribution in [1.29, 1.82) is 0 Å². The monoisotopic (exact) mass is 467 g/mol. The number of nitrogens with zero attached hydrogens (tertiary/aromatic N) is 1. The van der Waals surface area contributed by atoms with Crippen molar-refractivity contribution in [2.45, 2.75) is 39.7 Å². The van der Waals surface area contributed by atoms with Crippen molar-refractivity contribution in [2.24, 2.45) is 5.92 Å². The third kappa shape index (κ3) is 6.34. The normalized spacial score (nSPS) is 13.2. The van der Waals surface area contributed by atoms with E-state index in [-0.39, 0.29) is 31.2 Å². The van der Waals surface area contributed by atoms with Gasteiger partial charge in [0.25, 0.3) is 11.8 Å². The van der Waals surface area contributed by atoms with Gasteiger partial charge in [-0.15, -0.1) is 0 Å². The topological polar surface area (TPSA) is 114 Å². The van der Waals surface area contributed by atoms with Crippen LogP contribution in [-0.2, 0) is 16.1 Å². The molecular formula is C25H29N3O6. The lowest BCUT2D eigenvalue weighted by molar-refractivity contribution is -0.139. The standard InChI is InChI=1S/C25H29N3O6/c1-16(2)12-13-34-20-9-8-19(14-21(20)33-3)25(32)27-26-24(31)18-6-4-17(5-7-18)15-28-22(29)10-11-23(28)30/h4-9,14,16H,10-13,15H2,1-3H3,(H,26,31)(H,27,32). The average molecular weight is 468 g/mol. The molecule has 180 valence electrons. The Kier molecular flexibility index (Phi) is 8.24. The molecule has 2 N–H and O–H groups in total. The molecule has 0 spiro atoms. The van der Waals surface area contributed by atoms with E-state index in [4.69, 9.17) is 9.47 Å². The fourth-order valence-corrected chi connectivity index (χ4v) is 3.33. The van der Waals surface area contributed by atoms with Crippen LogP contribution in [-0.4, -0.2) is 42.2 Å². The number of carbonyl (C=O) groups excluding carboxylic acids is 4. The van der Waals surface area contributed by atoms with Crippen molar-refractivity contribution in [2.75, 3.05) is 13.7 Å². The zero-order chi connectivity index (χ0) is 24.7. The van der Waals surface area contributed by atoms with Crippen LogP contribution >= 0.6 is 0 Å². The molecule has 2 aromatic carbocycles. The van der Waals surface area contributed by atoms with E-state index in [1.165, 1.54) is 12.0 Å². The van der Waals surface area contributed by atoms with Gasteiger partial charge in [-0.1, -0.05) is 26.0 Å². The van der Waals surface area contributed by atoms with E-state index < -0.39 is 11.8 Å². The van der Waals surface area contributed by atoms with Crippen LogP contribution in [0.5, 0.6) is 11.5 Å². The molecule has 0 unspecified atom stereocenters. The first kappa shape index (κ1) is 24.8. The second-order valence-corrected chi connectivity index (χ2v) is 8.38. The molecular weight excluding hydrogens is 438 g/mol. The van der Waals surface area contributed by atoms with Crippen LogP contribution in [0.4, 0.5) is 0 Å². The predicted octanol–water partition coefficient (Wildman–Crippen LogP) is 2.84. The summed E-state index contributed by atoms with van der Waals surface area (Å²) in [7, 11) is 1.49. The van der Waals surface area contributed by atoms with E-state index in [0.29, 0.717) is 35.2 Å². The van der Waals surface area contributed by atoms with Gasteiger partial charge in [0.15, 0.2) is 11.5 Å². The first-order valence-corrected chi connectivity index (χ1v) is 11.1. The molecule has 2 aromatic rings. The van der Waals surface area contributed by atoms with Gasteiger partial charge in [0.1, 0.15) is 0 Å². The first-order chi connectivity index (χ1) is 16.3. The predicted molar refractivity (Wildman–Crippen MR) is 124 cm³/mol. The molecule has 0 aromatic heterocycles. The van der Waals surface area contributed by atoms with E-state index in [0.717, 1.165) is 12.0 Å². The smallest absolute Gasteiger partial charge is 0.269 e. The third-order valence-corrected chi connectivity index (χ3v) is 5.38. The number of benzene rings is 2. The third-order valence-electron chi connectivity index (χ3n) is 5.38. The molecule has 0 atom stereocenters. The van der Waals surface area contributed by atoms with Gasteiger partial charge in [-0.3, -0.25) is 34.9 Å². The molecule has 0 saturated carbocycles. The van der Waals surface area contributed by atoms with Crippen LogP contribution in [0.25, 0.3) is 0 Å². The van der Waals surface area contributed by atoms with E-state index in [1.807, 2.05) is 0 Å². The Morgan fingerprint density at radius 3 is 2.09 bits per heavy atom.